The van der Waals surface area contributed by atoms with Crippen molar-refractivity contribution in [3.8, 4) is 0 Å². The molecule has 170 valence electrons. The summed E-state index contributed by atoms with van der Waals surface area (Å²) in [5, 5.41) is 0. The normalized spacial score (nSPS) is 19.2. The van der Waals surface area contributed by atoms with E-state index in [1.165, 1.54) is 22.5 Å². The van der Waals surface area contributed by atoms with E-state index >= 15 is 0 Å². The Morgan fingerprint density at radius 2 is 1.59 bits per heavy atom. The molecule has 0 N–H and O–H groups in total. The van der Waals surface area contributed by atoms with Crippen LogP contribution in [0.25, 0.3) is 0 Å². The van der Waals surface area contributed by atoms with Gasteiger partial charge in [0, 0.05) is 6.54 Å². The van der Waals surface area contributed by atoms with Gasteiger partial charge in [-0.15, -0.1) is 0 Å². The molecule has 0 unspecified atom stereocenters. The van der Waals surface area contributed by atoms with Crippen LogP contribution in [-0.4, -0.2) is 44.4 Å². The zero-order valence-corrected chi connectivity index (χ0v) is 19.2. The highest BCUT2D eigenvalue weighted by Crippen LogP contribution is 2.41. The largest absolute Gasteiger partial charge is 0.465 e. The minimum atomic E-state index is -3.99. The van der Waals surface area contributed by atoms with Crippen LogP contribution in [0.15, 0.2) is 71.1 Å². The van der Waals surface area contributed by atoms with Crippen molar-refractivity contribution in [1.29, 1.82) is 0 Å². The fraction of sp³-hybridized carbons (Fsp3) is 0.333. The molecule has 1 aliphatic rings. The Labute approximate surface area is 188 Å². The van der Waals surface area contributed by atoms with Gasteiger partial charge in [0.15, 0.2) is 0 Å². The first-order valence-corrected chi connectivity index (χ1v) is 11.9. The number of hydrogen-bond donors (Lipinski definition) is 0. The Morgan fingerprint density at radius 3 is 2.19 bits per heavy atom. The smallest absolute Gasteiger partial charge is 0.334 e. The van der Waals surface area contributed by atoms with E-state index in [4.69, 9.17) is 9.47 Å². The predicted octanol–water partition coefficient (Wildman–Crippen LogP) is 3.41. The standard InChI is InChI=1S/C24H27NO6S/c1-4-30-23(26)20-15-16-25(32(28,29)19-13-11-17(3)12-14-19)22(18-9-7-6-8-10-18)21(20)24(27)31-5-2/h6-15,21-22H,4-5,16H2,1-3H3/t21-,22+/m0/s1. The third kappa shape index (κ3) is 4.76. The monoisotopic (exact) mass is 457 g/mol. The molecule has 0 aromatic heterocycles. The lowest BCUT2D eigenvalue weighted by atomic mass is 9.84. The van der Waals surface area contributed by atoms with Gasteiger partial charge < -0.3 is 9.47 Å². The molecule has 0 spiro atoms. The third-order valence-corrected chi connectivity index (χ3v) is 7.13. The van der Waals surface area contributed by atoms with E-state index in [1.807, 2.05) is 6.92 Å². The van der Waals surface area contributed by atoms with Gasteiger partial charge in [-0.3, -0.25) is 4.79 Å². The molecule has 7 nitrogen and oxygen atoms in total. The Bertz CT molecular complexity index is 1090. The van der Waals surface area contributed by atoms with Crippen molar-refractivity contribution >= 4 is 22.0 Å². The van der Waals surface area contributed by atoms with E-state index in [2.05, 4.69) is 0 Å². The van der Waals surface area contributed by atoms with Gasteiger partial charge in [-0.25, -0.2) is 13.2 Å². The number of carbonyl (C=O) groups excluding carboxylic acids is 2. The summed E-state index contributed by atoms with van der Waals surface area (Å²) < 4.78 is 39.0. The van der Waals surface area contributed by atoms with Crippen molar-refractivity contribution in [2.75, 3.05) is 19.8 Å². The van der Waals surface area contributed by atoms with Gasteiger partial charge >= 0.3 is 11.9 Å². The maximum atomic E-state index is 13.6. The molecule has 2 aromatic rings. The second kappa shape index (κ2) is 10.1. The molecule has 0 amide bonds. The molecule has 2 aromatic carbocycles. The average Bonchev–Trinajstić information content (AvgIpc) is 2.79. The highest BCUT2D eigenvalue weighted by atomic mass is 32.2. The maximum Gasteiger partial charge on any atom is 0.334 e. The van der Waals surface area contributed by atoms with Crippen molar-refractivity contribution in [1.82, 2.24) is 4.31 Å². The third-order valence-electron chi connectivity index (χ3n) is 5.27. The van der Waals surface area contributed by atoms with Crippen molar-refractivity contribution in [2.45, 2.75) is 31.7 Å². The van der Waals surface area contributed by atoms with Crippen LogP contribution in [0.3, 0.4) is 0 Å². The number of esters is 2. The Morgan fingerprint density at radius 1 is 0.969 bits per heavy atom. The zero-order valence-electron chi connectivity index (χ0n) is 18.4. The minimum Gasteiger partial charge on any atom is -0.465 e. The van der Waals surface area contributed by atoms with Crippen LogP contribution in [0.4, 0.5) is 0 Å². The molecule has 0 saturated heterocycles. The van der Waals surface area contributed by atoms with Gasteiger partial charge in [-0.2, -0.15) is 4.31 Å². The fourth-order valence-corrected chi connectivity index (χ4v) is 5.34. The van der Waals surface area contributed by atoms with E-state index in [0.717, 1.165) is 5.56 Å². The summed E-state index contributed by atoms with van der Waals surface area (Å²) in [4.78, 5) is 25.9. The van der Waals surface area contributed by atoms with Gasteiger partial charge in [0.05, 0.1) is 29.7 Å². The molecule has 8 heteroatoms. The summed E-state index contributed by atoms with van der Waals surface area (Å²) in [5.41, 5.74) is 1.61. The fourth-order valence-electron chi connectivity index (χ4n) is 3.78. The minimum absolute atomic E-state index is 0.0835. The number of hydrogen-bond acceptors (Lipinski definition) is 6. The van der Waals surface area contributed by atoms with Crippen LogP contribution in [0.2, 0.25) is 0 Å². The number of nitrogens with zero attached hydrogens (tertiary/aromatic N) is 1. The van der Waals surface area contributed by atoms with Gasteiger partial charge in [-0.1, -0.05) is 54.1 Å². The van der Waals surface area contributed by atoms with Gasteiger partial charge in [0.1, 0.15) is 5.92 Å². The maximum absolute atomic E-state index is 13.6. The van der Waals surface area contributed by atoms with Crippen LogP contribution >= 0.6 is 0 Å². The van der Waals surface area contributed by atoms with Crippen molar-refractivity contribution in [2.24, 2.45) is 5.92 Å². The second-order valence-corrected chi connectivity index (χ2v) is 9.24. The number of rotatable bonds is 7. The van der Waals surface area contributed by atoms with E-state index < -0.39 is 33.9 Å². The number of ether oxygens (including phenoxy) is 2. The van der Waals surface area contributed by atoms with E-state index in [-0.39, 0.29) is 30.2 Å². The lowest BCUT2D eigenvalue weighted by Crippen LogP contribution is -2.46. The Balaban J connectivity index is 2.19. The molecule has 3 rings (SSSR count). The van der Waals surface area contributed by atoms with E-state index in [9.17, 15) is 18.0 Å². The zero-order chi connectivity index (χ0) is 23.3. The summed E-state index contributed by atoms with van der Waals surface area (Å²) >= 11 is 0. The highest BCUT2D eigenvalue weighted by molar-refractivity contribution is 7.89. The van der Waals surface area contributed by atoms with Crippen LogP contribution in [0, 0.1) is 12.8 Å². The number of carbonyl (C=O) groups is 2. The molecule has 0 saturated carbocycles. The van der Waals surface area contributed by atoms with Crippen LogP contribution < -0.4 is 0 Å². The molecular formula is C24H27NO6S. The highest BCUT2D eigenvalue weighted by Gasteiger charge is 2.47. The molecule has 1 heterocycles. The van der Waals surface area contributed by atoms with E-state index in [0.29, 0.717) is 5.56 Å². The summed E-state index contributed by atoms with van der Waals surface area (Å²) in [7, 11) is -3.99. The molecule has 0 radical (unpaired) electrons. The molecule has 0 fully saturated rings. The Kier molecular flexibility index (Phi) is 7.48. The first kappa shape index (κ1) is 23.7. The molecule has 0 bridgehead atoms. The molecule has 2 atom stereocenters. The average molecular weight is 458 g/mol. The van der Waals surface area contributed by atoms with Crippen LogP contribution in [0.5, 0.6) is 0 Å². The Hall–Kier alpha value is -2.97. The van der Waals surface area contributed by atoms with Crippen LogP contribution in [-0.2, 0) is 29.1 Å². The SMILES string of the molecule is CCOC(=O)C1=CCN(S(=O)(=O)c2ccc(C)cc2)[C@H](c2ccccc2)[C@H]1C(=O)OCC. The van der Waals surface area contributed by atoms with Crippen molar-refractivity contribution in [3.63, 3.8) is 0 Å². The van der Waals surface area contributed by atoms with Gasteiger partial charge in [-0.05, 0) is 38.5 Å². The first-order valence-electron chi connectivity index (χ1n) is 10.5. The van der Waals surface area contributed by atoms with Crippen molar-refractivity contribution in [3.05, 3.63) is 77.4 Å². The van der Waals surface area contributed by atoms with Crippen LogP contribution in [0.1, 0.15) is 31.0 Å². The summed E-state index contributed by atoms with van der Waals surface area (Å²) in [6.07, 6.45) is 1.45. The topological polar surface area (TPSA) is 90.0 Å². The second-order valence-electron chi connectivity index (χ2n) is 7.35. The first-order chi connectivity index (χ1) is 15.3. The lowest BCUT2D eigenvalue weighted by molar-refractivity contribution is -0.152. The molecule has 32 heavy (non-hydrogen) atoms. The number of sulfonamides is 1. The predicted molar refractivity (Wildman–Crippen MR) is 119 cm³/mol. The van der Waals surface area contributed by atoms with Gasteiger partial charge in [0.2, 0.25) is 10.0 Å². The molecule has 1 aliphatic heterocycles. The summed E-state index contributed by atoms with van der Waals surface area (Å²) in [5.74, 6) is -2.49. The quantitative estimate of drug-likeness (QED) is 0.592. The van der Waals surface area contributed by atoms with E-state index in [1.54, 1.807) is 56.3 Å². The van der Waals surface area contributed by atoms with Crippen molar-refractivity contribution < 1.29 is 27.5 Å². The molecular weight excluding hydrogens is 430 g/mol. The summed E-state index contributed by atoms with van der Waals surface area (Å²) in [6, 6.07) is 14.3. The summed E-state index contributed by atoms with van der Waals surface area (Å²) in [6.45, 7) is 5.34. The number of benzene rings is 2. The number of aryl methyl sites for hydroxylation is 1. The molecule has 0 aliphatic carbocycles. The lowest BCUT2D eigenvalue weighted by Gasteiger charge is -2.38. The van der Waals surface area contributed by atoms with Gasteiger partial charge in [0.25, 0.3) is 0 Å².